The first-order valence-electron chi connectivity index (χ1n) is 18.1. The maximum atomic E-state index is 15.0. The van der Waals surface area contributed by atoms with Crippen LogP contribution >= 0.6 is 0 Å². The van der Waals surface area contributed by atoms with E-state index in [-0.39, 0.29) is 49.9 Å². The molecule has 278 valence electrons. The van der Waals surface area contributed by atoms with Crippen LogP contribution in [0.15, 0.2) is 40.8 Å². The van der Waals surface area contributed by atoms with Crippen molar-refractivity contribution in [3.05, 3.63) is 47.5 Å². The number of furan rings is 1. The second-order valence-corrected chi connectivity index (χ2v) is 15.3. The van der Waals surface area contributed by atoms with Gasteiger partial charge in [-0.2, -0.15) is 0 Å². The maximum absolute atomic E-state index is 15.0. The van der Waals surface area contributed by atoms with E-state index < -0.39 is 29.8 Å². The van der Waals surface area contributed by atoms with Gasteiger partial charge in [0.05, 0.1) is 42.9 Å². The molecule has 52 heavy (non-hydrogen) atoms. The molecule has 0 radical (unpaired) electrons. The lowest BCUT2D eigenvalue weighted by molar-refractivity contribution is -0.119. The Morgan fingerprint density at radius 2 is 1.92 bits per heavy atom. The summed E-state index contributed by atoms with van der Waals surface area (Å²) in [6, 6.07) is 10.6. The fraction of sp³-hybridized carbons (Fsp3) is 0.513. The Balaban J connectivity index is 1.24. The van der Waals surface area contributed by atoms with Gasteiger partial charge in [0.15, 0.2) is 5.76 Å². The number of nitrogens with zero attached hydrogens (tertiary/aromatic N) is 2. The molecule has 3 N–H and O–H groups in total. The van der Waals surface area contributed by atoms with E-state index in [1.165, 1.54) is 12.0 Å². The molecule has 3 fully saturated rings. The van der Waals surface area contributed by atoms with Gasteiger partial charge in [0.2, 0.25) is 5.91 Å². The van der Waals surface area contributed by atoms with E-state index >= 15 is 0 Å². The molecule has 3 atom stereocenters. The number of rotatable bonds is 11. The molecule has 2 aromatic carbocycles. The van der Waals surface area contributed by atoms with Crippen molar-refractivity contribution in [1.29, 1.82) is 0 Å². The van der Waals surface area contributed by atoms with Crippen molar-refractivity contribution in [2.45, 2.75) is 77.2 Å². The van der Waals surface area contributed by atoms with Crippen LogP contribution in [-0.2, 0) is 22.5 Å². The summed E-state index contributed by atoms with van der Waals surface area (Å²) in [5.41, 5.74) is 2.42. The fourth-order valence-corrected chi connectivity index (χ4v) is 7.39. The number of aromatic nitrogens is 1. The van der Waals surface area contributed by atoms with Crippen LogP contribution in [-0.4, -0.2) is 90.3 Å². The number of likely N-dealkylation sites (tertiary alicyclic amines) is 1. The van der Waals surface area contributed by atoms with Crippen molar-refractivity contribution in [1.82, 2.24) is 20.1 Å². The Morgan fingerprint density at radius 1 is 1.12 bits per heavy atom. The van der Waals surface area contributed by atoms with Crippen molar-refractivity contribution in [3.8, 4) is 23.0 Å². The van der Waals surface area contributed by atoms with Gasteiger partial charge in [-0.25, -0.2) is 9.18 Å². The molecule has 7 rings (SSSR count). The Bertz CT molecular complexity index is 1990. The lowest BCUT2D eigenvalue weighted by Crippen LogP contribution is -2.54. The summed E-state index contributed by atoms with van der Waals surface area (Å²) in [6.45, 7) is 6.83. The number of halogens is 1. The summed E-state index contributed by atoms with van der Waals surface area (Å²) in [6.07, 6.45) is 1.01. The first-order chi connectivity index (χ1) is 24.9. The van der Waals surface area contributed by atoms with Crippen LogP contribution in [0.2, 0.25) is 0 Å². The molecule has 4 aromatic rings. The monoisotopic (exact) mass is 718 g/mol. The van der Waals surface area contributed by atoms with Gasteiger partial charge in [-0.15, -0.1) is 0 Å². The zero-order chi connectivity index (χ0) is 36.7. The zero-order valence-electron chi connectivity index (χ0n) is 30.1. The van der Waals surface area contributed by atoms with Gasteiger partial charge in [0.25, 0.3) is 5.91 Å². The molecule has 2 aliphatic heterocycles. The van der Waals surface area contributed by atoms with Crippen LogP contribution in [0.4, 0.5) is 9.18 Å². The predicted octanol–water partition coefficient (Wildman–Crippen LogP) is 5.60. The molecule has 13 heteroatoms. The van der Waals surface area contributed by atoms with E-state index in [2.05, 4.69) is 21.3 Å². The molecule has 1 unspecified atom stereocenters. The topological polar surface area (TPSA) is 144 Å². The molecule has 3 aliphatic rings. The number of carbonyl (C=O) groups excluding carboxylic acids is 3. The summed E-state index contributed by atoms with van der Waals surface area (Å²) < 4.78 is 41.4. The maximum Gasteiger partial charge on any atom is 0.407 e. The first kappa shape index (κ1) is 35.6. The number of aliphatic hydroxyl groups is 1. The minimum Gasteiger partial charge on any atom is -0.496 e. The van der Waals surface area contributed by atoms with Gasteiger partial charge in [0, 0.05) is 67.9 Å². The fourth-order valence-electron chi connectivity index (χ4n) is 7.39. The summed E-state index contributed by atoms with van der Waals surface area (Å²) in [5, 5.41) is 17.4. The number of nitrogens with one attached hydrogen (secondary N) is 2. The smallest absolute Gasteiger partial charge is 0.407 e. The van der Waals surface area contributed by atoms with Crippen molar-refractivity contribution < 1.29 is 42.5 Å². The molecule has 12 nitrogen and oxygen atoms in total. The van der Waals surface area contributed by atoms with Crippen LogP contribution in [0.1, 0.15) is 62.4 Å². The van der Waals surface area contributed by atoms with Crippen LogP contribution in [0.25, 0.3) is 33.3 Å². The van der Waals surface area contributed by atoms with Crippen LogP contribution in [0.3, 0.4) is 0 Å². The number of hydrogen-bond donors (Lipinski definition) is 3. The molecule has 2 aromatic heterocycles. The van der Waals surface area contributed by atoms with E-state index in [4.69, 9.17) is 18.6 Å². The van der Waals surface area contributed by atoms with E-state index in [0.717, 1.165) is 47.3 Å². The molecular formula is C39H47FN4O8. The Kier molecular flexibility index (Phi) is 9.81. The number of benzene rings is 2. The van der Waals surface area contributed by atoms with Crippen molar-refractivity contribution in [2.24, 2.45) is 11.8 Å². The van der Waals surface area contributed by atoms with Gasteiger partial charge >= 0.3 is 6.09 Å². The highest BCUT2D eigenvalue weighted by atomic mass is 19.1. The number of fused-ring (bicyclic) bond motifs is 2. The number of carbonyl (C=O) groups is 3. The normalized spacial score (nSPS) is 20.7. The predicted molar refractivity (Wildman–Crippen MR) is 192 cm³/mol. The third-order valence-corrected chi connectivity index (χ3v) is 9.88. The molecule has 1 aliphatic carbocycles. The number of methoxy groups -OCH3 is 1. The molecule has 0 spiro atoms. The number of alkyl carbamates (subject to hydrolysis) is 1. The summed E-state index contributed by atoms with van der Waals surface area (Å²) in [7, 11) is 1.51. The standard InChI is InChI=1S/C39H47FN4O8/c1-39(2,3)52-38(48)42-27-16-26(40)19-43(20-27)37(47)25-14-31(49-4)34-28(10-11-45)36(51-32(34)15-25)29-13-24-6-5-7-30(35(24)44(29)18-22-8-9-22)50-21-23-12-33(46)41-17-23/h5-7,13-15,22-23,26-27,45H,8-12,16-21H2,1-4H3,(H,41,46)(H,42,48)/t23?,26-,27-/m1/s1. The van der Waals surface area contributed by atoms with Crippen LogP contribution < -0.4 is 20.1 Å². The highest BCUT2D eigenvalue weighted by Gasteiger charge is 2.34. The molecule has 1 saturated carbocycles. The lowest BCUT2D eigenvalue weighted by Gasteiger charge is -2.35. The minimum atomic E-state index is -1.34. The van der Waals surface area contributed by atoms with Gasteiger partial charge in [-0.05, 0) is 63.8 Å². The van der Waals surface area contributed by atoms with Gasteiger partial charge in [0.1, 0.15) is 28.9 Å². The van der Waals surface area contributed by atoms with Crippen molar-refractivity contribution >= 4 is 39.8 Å². The highest BCUT2D eigenvalue weighted by Crippen LogP contribution is 2.44. The van der Waals surface area contributed by atoms with Crippen LogP contribution in [0, 0.1) is 11.8 Å². The number of piperidine rings is 1. The van der Waals surface area contributed by atoms with Crippen molar-refractivity contribution in [2.75, 3.05) is 40.0 Å². The Labute approximate surface area is 301 Å². The third kappa shape index (κ3) is 7.55. The van der Waals surface area contributed by atoms with Gasteiger partial charge < -0.3 is 43.8 Å². The van der Waals surface area contributed by atoms with E-state index in [9.17, 15) is 23.9 Å². The summed E-state index contributed by atoms with van der Waals surface area (Å²) >= 11 is 0. The summed E-state index contributed by atoms with van der Waals surface area (Å²) in [5.74, 6) is 1.88. The van der Waals surface area contributed by atoms with Crippen molar-refractivity contribution in [3.63, 3.8) is 0 Å². The molecular weight excluding hydrogens is 671 g/mol. The second-order valence-electron chi connectivity index (χ2n) is 15.3. The lowest BCUT2D eigenvalue weighted by atomic mass is 10.0. The Morgan fingerprint density at radius 3 is 2.62 bits per heavy atom. The Hall–Kier alpha value is -4.78. The summed E-state index contributed by atoms with van der Waals surface area (Å²) in [4.78, 5) is 39.6. The number of aliphatic hydroxyl groups excluding tert-OH is 1. The van der Waals surface area contributed by atoms with E-state index in [1.807, 2.05) is 18.2 Å². The van der Waals surface area contributed by atoms with Gasteiger partial charge in [-0.3, -0.25) is 9.59 Å². The number of hydrogen-bond acceptors (Lipinski definition) is 8. The van der Waals surface area contributed by atoms with E-state index in [1.54, 1.807) is 32.9 Å². The number of amides is 3. The first-order valence-corrected chi connectivity index (χ1v) is 18.1. The largest absolute Gasteiger partial charge is 0.496 e. The zero-order valence-corrected chi connectivity index (χ0v) is 30.1. The SMILES string of the molecule is COc1cc(C(=O)N2C[C@H](F)C[C@@H](NC(=O)OC(C)(C)C)C2)cc2oc(-c3cc4cccc(OCC5CNC(=O)C5)c4n3CC3CC3)c(CCO)c12. The average molecular weight is 719 g/mol. The molecule has 2 saturated heterocycles. The minimum absolute atomic E-state index is 0.0368. The average Bonchev–Trinajstić information content (AvgIpc) is 3.52. The molecule has 0 bridgehead atoms. The van der Waals surface area contributed by atoms with Crippen LogP contribution in [0.5, 0.6) is 11.5 Å². The third-order valence-electron chi connectivity index (χ3n) is 9.88. The molecule has 3 amide bonds. The second kappa shape index (κ2) is 14.3. The quantitative estimate of drug-likeness (QED) is 0.182. The number of para-hydroxylation sites is 1. The van der Waals surface area contributed by atoms with Gasteiger partial charge in [-0.1, -0.05) is 12.1 Å². The molecule has 4 heterocycles. The van der Waals surface area contributed by atoms with E-state index in [0.29, 0.717) is 48.0 Å². The number of alkyl halides is 1. The highest BCUT2D eigenvalue weighted by molar-refractivity contribution is 6.02. The number of ether oxygens (including phenoxy) is 3.